The minimum absolute atomic E-state index is 0.849. The molecule has 2 rings (SSSR count). The average Bonchev–Trinajstić information content (AvgIpc) is 2.75. The second kappa shape index (κ2) is 5.12. The van der Waals surface area contributed by atoms with Crippen molar-refractivity contribution in [3.63, 3.8) is 0 Å². The summed E-state index contributed by atoms with van der Waals surface area (Å²) in [5.74, 6) is 0. The Hall–Kier alpha value is -0.650. The van der Waals surface area contributed by atoms with Crippen molar-refractivity contribution in [1.82, 2.24) is 15.1 Å². The molecule has 0 atom stereocenters. The highest BCUT2D eigenvalue weighted by Crippen LogP contribution is 2.22. The van der Waals surface area contributed by atoms with Crippen LogP contribution >= 0.6 is 27.3 Å². The number of aromatic nitrogens is 2. The molecule has 0 saturated carbocycles. The van der Waals surface area contributed by atoms with E-state index < -0.39 is 0 Å². The van der Waals surface area contributed by atoms with Gasteiger partial charge in [0.1, 0.15) is 0 Å². The third-order valence-electron chi connectivity index (χ3n) is 2.38. The molecule has 0 amide bonds. The molecule has 3 nitrogen and oxygen atoms in total. The summed E-state index contributed by atoms with van der Waals surface area (Å²) in [5, 5.41) is 9.83. The molecule has 0 aliphatic carbocycles. The van der Waals surface area contributed by atoms with Crippen molar-refractivity contribution in [2.24, 2.45) is 7.05 Å². The summed E-state index contributed by atoms with van der Waals surface area (Å²) in [6, 6.07) is 4.19. The van der Waals surface area contributed by atoms with E-state index in [4.69, 9.17) is 0 Å². The van der Waals surface area contributed by atoms with Crippen LogP contribution in [-0.2, 0) is 20.1 Å². The topological polar surface area (TPSA) is 29.9 Å². The van der Waals surface area contributed by atoms with Gasteiger partial charge < -0.3 is 5.32 Å². The van der Waals surface area contributed by atoms with Crippen LogP contribution in [-0.4, -0.2) is 9.78 Å². The van der Waals surface area contributed by atoms with Crippen molar-refractivity contribution in [3.05, 3.63) is 38.3 Å². The van der Waals surface area contributed by atoms with Gasteiger partial charge in [-0.05, 0) is 40.4 Å². The minimum Gasteiger partial charge on any atom is -0.306 e. The Morgan fingerprint density at radius 2 is 2.31 bits per heavy atom. The normalized spacial score (nSPS) is 10.9. The first-order valence-corrected chi connectivity index (χ1v) is 6.76. The number of hydrogen-bond acceptors (Lipinski definition) is 3. The van der Waals surface area contributed by atoms with E-state index in [2.05, 4.69) is 43.9 Å². The van der Waals surface area contributed by atoms with E-state index in [-0.39, 0.29) is 0 Å². The molecule has 2 aromatic rings. The highest BCUT2D eigenvalue weighted by molar-refractivity contribution is 9.10. The fraction of sp³-hybridized carbons (Fsp3) is 0.364. The largest absolute Gasteiger partial charge is 0.306 e. The number of hydrogen-bond donors (Lipinski definition) is 1. The molecule has 0 radical (unpaired) electrons. The number of nitrogens with zero attached hydrogens (tertiary/aromatic N) is 2. The van der Waals surface area contributed by atoms with Gasteiger partial charge in [0.15, 0.2) is 0 Å². The predicted molar refractivity (Wildman–Crippen MR) is 70.5 cm³/mol. The van der Waals surface area contributed by atoms with E-state index in [0.29, 0.717) is 0 Å². The van der Waals surface area contributed by atoms with Gasteiger partial charge in [0.25, 0.3) is 0 Å². The van der Waals surface area contributed by atoms with Gasteiger partial charge in [-0.2, -0.15) is 5.10 Å². The predicted octanol–water partition coefficient (Wildman–Crippen LogP) is 2.84. The van der Waals surface area contributed by atoms with Crippen molar-refractivity contribution in [2.45, 2.75) is 20.0 Å². The lowest BCUT2D eigenvalue weighted by Crippen LogP contribution is -2.14. The second-order valence-corrected chi connectivity index (χ2v) is 5.55. The van der Waals surface area contributed by atoms with Crippen molar-refractivity contribution >= 4 is 27.3 Å². The summed E-state index contributed by atoms with van der Waals surface area (Å²) < 4.78 is 3.11. The average molecular weight is 300 g/mol. The highest BCUT2D eigenvalue weighted by atomic mass is 79.9. The van der Waals surface area contributed by atoms with Gasteiger partial charge in [-0.25, -0.2) is 0 Å². The van der Waals surface area contributed by atoms with Crippen LogP contribution in [0.5, 0.6) is 0 Å². The summed E-state index contributed by atoms with van der Waals surface area (Å²) in [4.78, 5) is 1.33. The van der Waals surface area contributed by atoms with Gasteiger partial charge in [-0.15, -0.1) is 11.3 Å². The number of aryl methyl sites for hydroxylation is 2. The molecule has 0 fully saturated rings. The summed E-state index contributed by atoms with van der Waals surface area (Å²) in [6.45, 7) is 3.75. The smallest absolute Gasteiger partial charge is 0.0597 e. The molecule has 0 spiro atoms. The molecule has 86 valence electrons. The molecule has 5 heteroatoms. The Balaban J connectivity index is 1.89. The van der Waals surface area contributed by atoms with Gasteiger partial charge in [0, 0.05) is 29.5 Å². The molecule has 0 aliphatic rings. The van der Waals surface area contributed by atoms with E-state index in [9.17, 15) is 0 Å². The number of nitrogens with one attached hydrogen (secondary N) is 1. The van der Waals surface area contributed by atoms with Crippen molar-refractivity contribution in [3.8, 4) is 0 Å². The third kappa shape index (κ3) is 2.72. The van der Waals surface area contributed by atoms with Gasteiger partial charge in [-0.3, -0.25) is 4.68 Å². The van der Waals surface area contributed by atoms with Crippen LogP contribution in [0.25, 0.3) is 0 Å². The number of halogens is 1. The van der Waals surface area contributed by atoms with E-state index in [1.54, 1.807) is 11.3 Å². The molecule has 2 heterocycles. The SMILES string of the molecule is Cc1cc(CNCc2sccc2Br)n(C)n1. The van der Waals surface area contributed by atoms with E-state index in [0.717, 1.165) is 18.8 Å². The highest BCUT2D eigenvalue weighted by Gasteiger charge is 2.03. The molecule has 2 aromatic heterocycles. The maximum Gasteiger partial charge on any atom is 0.0597 e. The Bertz CT molecular complexity index is 475. The monoisotopic (exact) mass is 299 g/mol. The van der Waals surface area contributed by atoms with Crippen LogP contribution in [0.15, 0.2) is 22.0 Å². The van der Waals surface area contributed by atoms with Crippen LogP contribution in [0.2, 0.25) is 0 Å². The van der Waals surface area contributed by atoms with Gasteiger partial charge >= 0.3 is 0 Å². The van der Waals surface area contributed by atoms with Crippen molar-refractivity contribution < 1.29 is 0 Å². The van der Waals surface area contributed by atoms with Gasteiger partial charge in [-0.1, -0.05) is 0 Å². The lowest BCUT2D eigenvalue weighted by atomic mass is 10.3. The molecular formula is C11H14BrN3S. The van der Waals surface area contributed by atoms with Gasteiger partial charge in [0.05, 0.1) is 11.4 Å². The number of thiophene rings is 1. The third-order valence-corrected chi connectivity index (χ3v) is 4.31. The van der Waals surface area contributed by atoms with Crippen LogP contribution in [0.4, 0.5) is 0 Å². The number of rotatable bonds is 4. The zero-order valence-electron chi connectivity index (χ0n) is 9.33. The fourth-order valence-electron chi connectivity index (χ4n) is 1.59. The van der Waals surface area contributed by atoms with Crippen LogP contribution < -0.4 is 5.32 Å². The van der Waals surface area contributed by atoms with Crippen molar-refractivity contribution in [2.75, 3.05) is 0 Å². The van der Waals surface area contributed by atoms with E-state index in [1.165, 1.54) is 15.0 Å². The minimum atomic E-state index is 0.849. The molecule has 1 N–H and O–H groups in total. The zero-order valence-corrected chi connectivity index (χ0v) is 11.7. The van der Waals surface area contributed by atoms with Crippen LogP contribution in [0, 0.1) is 6.92 Å². The summed E-state index contributed by atoms with van der Waals surface area (Å²) in [5.41, 5.74) is 2.28. The summed E-state index contributed by atoms with van der Waals surface area (Å²) in [7, 11) is 1.98. The van der Waals surface area contributed by atoms with E-state index in [1.807, 2.05) is 18.7 Å². The zero-order chi connectivity index (χ0) is 11.5. The quantitative estimate of drug-likeness (QED) is 0.941. The molecule has 16 heavy (non-hydrogen) atoms. The molecule has 0 aliphatic heterocycles. The second-order valence-electron chi connectivity index (χ2n) is 3.70. The summed E-state index contributed by atoms with van der Waals surface area (Å²) >= 11 is 5.29. The Labute approximate surface area is 108 Å². The fourth-order valence-corrected chi connectivity index (χ4v) is 3.05. The standard InChI is InChI=1S/C11H14BrN3S/c1-8-5-9(15(2)14-8)6-13-7-11-10(12)3-4-16-11/h3-5,13H,6-7H2,1-2H3. The first kappa shape index (κ1) is 11.8. The molecule has 0 aromatic carbocycles. The lowest BCUT2D eigenvalue weighted by molar-refractivity contribution is 0.627. The van der Waals surface area contributed by atoms with Crippen LogP contribution in [0.3, 0.4) is 0 Å². The molecule has 0 bridgehead atoms. The lowest BCUT2D eigenvalue weighted by Gasteiger charge is -2.04. The first-order chi connectivity index (χ1) is 7.66. The maximum atomic E-state index is 4.31. The van der Waals surface area contributed by atoms with Gasteiger partial charge in [0.2, 0.25) is 0 Å². The molecule has 0 unspecified atom stereocenters. The van der Waals surface area contributed by atoms with Crippen molar-refractivity contribution in [1.29, 1.82) is 0 Å². The Morgan fingerprint density at radius 1 is 1.50 bits per heavy atom. The van der Waals surface area contributed by atoms with E-state index >= 15 is 0 Å². The Kier molecular flexibility index (Phi) is 3.78. The Morgan fingerprint density at radius 3 is 2.88 bits per heavy atom. The molecular weight excluding hydrogens is 286 g/mol. The first-order valence-electron chi connectivity index (χ1n) is 5.09. The maximum absolute atomic E-state index is 4.31. The summed E-state index contributed by atoms with van der Waals surface area (Å²) in [6.07, 6.45) is 0. The van der Waals surface area contributed by atoms with Crippen LogP contribution in [0.1, 0.15) is 16.3 Å². The molecule has 0 saturated heterocycles.